The van der Waals surface area contributed by atoms with Crippen LogP contribution in [0.25, 0.3) is 17.0 Å². The van der Waals surface area contributed by atoms with Gasteiger partial charge >= 0.3 is 5.97 Å². The van der Waals surface area contributed by atoms with Crippen molar-refractivity contribution >= 4 is 38.9 Å². The third-order valence-corrected chi connectivity index (χ3v) is 4.46. The van der Waals surface area contributed by atoms with Gasteiger partial charge in [-0.2, -0.15) is 0 Å². The van der Waals surface area contributed by atoms with Crippen LogP contribution >= 0.6 is 15.9 Å². The Labute approximate surface area is 160 Å². The lowest BCUT2D eigenvalue weighted by molar-refractivity contribution is 0.0526. The molecule has 0 aliphatic rings. The van der Waals surface area contributed by atoms with E-state index in [0.29, 0.717) is 41.3 Å². The zero-order chi connectivity index (χ0) is 18.5. The summed E-state index contributed by atoms with van der Waals surface area (Å²) in [7, 11) is 0. The van der Waals surface area contributed by atoms with Crippen molar-refractivity contribution in [1.29, 1.82) is 0 Å². The fraction of sp³-hybridized carbons (Fsp3) is 0.190. The average Bonchev–Trinajstić information content (AvgIpc) is 2.94. The molecule has 2 aromatic carbocycles. The highest BCUT2D eigenvalue weighted by atomic mass is 79.9. The lowest BCUT2D eigenvalue weighted by atomic mass is 10.1. The minimum absolute atomic E-state index is 0.315. The van der Waals surface area contributed by atoms with Crippen molar-refractivity contribution in [2.75, 3.05) is 13.2 Å². The molecule has 0 bridgehead atoms. The maximum Gasteiger partial charge on any atom is 0.342 e. The third-order valence-electron chi connectivity index (χ3n) is 3.84. The van der Waals surface area contributed by atoms with Crippen LogP contribution in [0.4, 0.5) is 0 Å². The highest BCUT2D eigenvalue weighted by molar-refractivity contribution is 9.10. The van der Waals surface area contributed by atoms with E-state index >= 15 is 0 Å². The maximum atomic E-state index is 12.2. The summed E-state index contributed by atoms with van der Waals surface area (Å²) in [5.74, 6) is 0.786. The predicted octanol–water partition coefficient (Wildman–Crippen LogP) is 5.77. The zero-order valence-corrected chi connectivity index (χ0v) is 16.2. The first-order valence-corrected chi connectivity index (χ1v) is 9.13. The topological polar surface area (TPSA) is 48.7 Å². The van der Waals surface area contributed by atoms with Gasteiger partial charge in [-0.3, -0.25) is 0 Å². The molecule has 0 radical (unpaired) electrons. The van der Waals surface area contributed by atoms with E-state index in [2.05, 4.69) is 15.9 Å². The van der Waals surface area contributed by atoms with Gasteiger partial charge in [-0.25, -0.2) is 4.79 Å². The second-order valence-electron chi connectivity index (χ2n) is 5.66. The number of halogens is 1. The Kier molecular flexibility index (Phi) is 5.78. The van der Waals surface area contributed by atoms with Gasteiger partial charge in [0.15, 0.2) is 0 Å². The summed E-state index contributed by atoms with van der Waals surface area (Å²) in [6.07, 6.45) is 3.94. The van der Waals surface area contributed by atoms with Crippen molar-refractivity contribution in [3.63, 3.8) is 0 Å². The molecule has 0 aliphatic carbocycles. The van der Waals surface area contributed by atoms with Gasteiger partial charge in [0, 0.05) is 5.39 Å². The number of fused-ring (bicyclic) bond motifs is 1. The van der Waals surface area contributed by atoms with E-state index in [1.807, 2.05) is 42.5 Å². The Morgan fingerprint density at radius 1 is 1.23 bits per heavy atom. The largest absolute Gasteiger partial charge is 0.488 e. The molecule has 3 rings (SSSR count). The van der Waals surface area contributed by atoms with Crippen LogP contribution in [-0.2, 0) is 4.74 Å². The molecule has 0 saturated heterocycles. The van der Waals surface area contributed by atoms with Gasteiger partial charge in [0.05, 0.1) is 11.1 Å². The first-order chi connectivity index (χ1) is 12.6. The van der Waals surface area contributed by atoms with Gasteiger partial charge in [-0.15, -0.1) is 0 Å². The molecule has 5 heteroatoms. The van der Waals surface area contributed by atoms with E-state index in [9.17, 15) is 4.79 Å². The number of aryl methyl sites for hydroxylation is 1. The molecule has 0 fully saturated rings. The highest BCUT2D eigenvalue weighted by Crippen LogP contribution is 2.35. The molecule has 1 heterocycles. The second-order valence-corrected chi connectivity index (χ2v) is 6.51. The van der Waals surface area contributed by atoms with Crippen molar-refractivity contribution < 1.29 is 18.7 Å². The SMILES string of the molecule is CCOC(=O)c1c(C)oc2cc(Br)c(OC/C=C/c3ccccc3)cc12. The average molecular weight is 415 g/mol. The van der Waals surface area contributed by atoms with Crippen molar-refractivity contribution in [2.45, 2.75) is 13.8 Å². The van der Waals surface area contributed by atoms with Crippen LogP contribution in [0.15, 0.2) is 57.4 Å². The number of furan rings is 1. The number of ether oxygens (including phenoxy) is 2. The molecule has 0 aliphatic heterocycles. The van der Waals surface area contributed by atoms with Crippen molar-refractivity contribution in [2.24, 2.45) is 0 Å². The van der Waals surface area contributed by atoms with Gasteiger partial charge in [0.25, 0.3) is 0 Å². The van der Waals surface area contributed by atoms with Gasteiger partial charge in [-0.1, -0.05) is 36.4 Å². The molecule has 0 unspecified atom stereocenters. The first-order valence-electron chi connectivity index (χ1n) is 8.34. The van der Waals surface area contributed by atoms with Crippen LogP contribution in [0.5, 0.6) is 5.75 Å². The van der Waals surface area contributed by atoms with Crippen LogP contribution in [0, 0.1) is 6.92 Å². The van der Waals surface area contributed by atoms with Gasteiger partial charge < -0.3 is 13.9 Å². The predicted molar refractivity (Wildman–Crippen MR) is 106 cm³/mol. The van der Waals surface area contributed by atoms with Crippen molar-refractivity contribution in [3.8, 4) is 5.75 Å². The molecule has 134 valence electrons. The number of hydrogen-bond acceptors (Lipinski definition) is 4. The summed E-state index contributed by atoms with van der Waals surface area (Å²) >= 11 is 3.49. The summed E-state index contributed by atoms with van der Waals surface area (Å²) in [5.41, 5.74) is 2.17. The van der Waals surface area contributed by atoms with Crippen molar-refractivity contribution in [1.82, 2.24) is 0 Å². The van der Waals surface area contributed by atoms with Crippen LogP contribution in [0.2, 0.25) is 0 Å². The summed E-state index contributed by atoms with van der Waals surface area (Å²) in [6, 6.07) is 13.6. The Bertz CT molecular complexity index is 942. The van der Waals surface area contributed by atoms with E-state index in [4.69, 9.17) is 13.9 Å². The molecule has 26 heavy (non-hydrogen) atoms. The third kappa shape index (κ3) is 3.99. The molecule has 0 amide bonds. The molecule has 0 saturated carbocycles. The number of benzene rings is 2. The maximum absolute atomic E-state index is 12.2. The van der Waals surface area contributed by atoms with E-state index in [1.165, 1.54) is 0 Å². The minimum atomic E-state index is -0.388. The highest BCUT2D eigenvalue weighted by Gasteiger charge is 2.21. The minimum Gasteiger partial charge on any atom is -0.488 e. The molecule has 0 spiro atoms. The van der Waals surface area contributed by atoms with Crippen LogP contribution in [0.3, 0.4) is 0 Å². The smallest absolute Gasteiger partial charge is 0.342 e. The summed E-state index contributed by atoms with van der Waals surface area (Å²) in [4.78, 5) is 12.2. The Balaban J connectivity index is 1.82. The number of esters is 1. The molecular formula is C21H19BrO4. The van der Waals surface area contributed by atoms with Crippen LogP contribution < -0.4 is 4.74 Å². The van der Waals surface area contributed by atoms with E-state index in [-0.39, 0.29) is 5.97 Å². The quantitative estimate of drug-likeness (QED) is 0.480. The zero-order valence-electron chi connectivity index (χ0n) is 14.6. The Hall–Kier alpha value is -2.53. The van der Waals surface area contributed by atoms with Crippen LogP contribution in [-0.4, -0.2) is 19.2 Å². The fourth-order valence-corrected chi connectivity index (χ4v) is 3.11. The van der Waals surface area contributed by atoms with Gasteiger partial charge in [0.2, 0.25) is 0 Å². The summed E-state index contributed by atoms with van der Waals surface area (Å²) in [5, 5.41) is 0.686. The Morgan fingerprint density at radius 3 is 2.73 bits per heavy atom. The lowest BCUT2D eigenvalue weighted by Crippen LogP contribution is -2.05. The van der Waals surface area contributed by atoms with E-state index in [1.54, 1.807) is 26.0 Å². The molecule has 0 N–H and O–H groups in total. The normalized spacial score (nSPS) is 11.2. The molecule has 0 atom stereocenters. The molecule has 3 aromatic rings. The number of carbonyl (C=O) groups excluding carboxylic acids is 1. The monoisotopic (exact) mass is 414 g/mol. The molecular weight excluding hydrogens is 396 g/mol. The van der Waals surface area contributed by atoms with Crippen LogP contribution in [0.1, 0.15) is 28.6 Å². The first kappa shape index (κ1) is 18.3. The standard InChI is InChI=1S/C21H19BrO4/c1-3-24-21(23)20-14(2)26-18-13-17(22)19(12-16(18)20)25-11-7-10-15-8-5-4-6-9-15/h4-10,12-13H,3,11H2,1-2H3/b10-7+. The van der Waals surface area contributed by atoms with E-state index < -0.39 is 0 Å². The number of hydrogen-bond donors (Lipinski definition) is 0. The van der Waals surface area contributed by atoms with Gasteiger partial charge in [0.1, 0.15) is 29.3 Å². The Morgan fingerprint density at radius 2 is 2.00 bits per heavy atom. The summed E-state index contributed by atoms with van der Waals surface area (Å²) in [6.45, 7) is 4.25. The van der Waals surface area contributed by atoms with Crippen molar-refractivity contribution in [3.05, 3.63) is 69.9 Å². The number of rotatable bonds is 6. The van der Waals surface area contributed by atoms with Gasteiger partial charge in [-0.05, 0) is 53.5 Å². The number of carbonyl (C=O) groups is 1. The second kappa shape index (κ2) is 8.23. The van der Waals surface area contributed by atoms with E-state index in [0.717, 1.165) is 10.0 Å². The lowest BCUT2D eigenvalue weighted by Gasteiger charge is -2.07. The molecule has 1 aromatic heterocycles. The summed E-state index contributed by atoms with van der Waals surface area (Å²) < 4.78 is 17.4. The molecule has 4 nitrogen and oxygen atoms in total. The fourth-order valence-electron chi connectivity index (χ4n) is 2.67.